The van der Waals surface area contributed by atoms with Crippen molar-refractivity contribution in [3.05, 3.63) is 70.2 Å². The lowest BCUT2D eigenvalue weighted by Crippen LogP contribution is -2.28. The summed E-state index contributed by atoms with van der Waals surface area (Å²) in [5, 5.41) is 8.71. The molecule has 4 rings (SSSR count). The average molecular weight is 391 g/mol. The van der Waals surface area contributed by atoms with E-state index >= 15 is 0 Å². The minimum atomic E-state index is -0.135. The molecule has 5 nitrogen and oxygen atoms in total. The highest BCUT2D eigenvalue weighted by Gasteiger charge is 2.19. The first-order valence-corrected chi connectivity index (χ1v) is 10.1. The maximum Gasteiger partial charge on any atom is 0.228 e. The zero-order valence-corrected chi connectivity index (χ0v) is 16.6. The number of nitrogens with one attached hydrogen (secondary N) is 2. The molecule has 0 spiro atoms. The monoisotopic (exact) mass is 391 g/mol. The molecular formula is C22H21N3O2S. The predicted octanol–water partition coefficient (Wildman–Crippen LogP) is 4.03. The second kappa shape index (κ2) is 7.56. The van der Waals surface area contributed by atoms with Gasteiger partial charge in [-0.05, 0) is 31.0 Å². The summed E-state index contributed by atoms with van der Waals surface area (Å²) in [6.45, 7) is 4.00. The van der Waals surface area contributed by atoms with E-state index in [1.807, 2.05) is 42.6 Å². The van der Waals surface area contributed by atoms with Crippen LogP contribution >= 0.6 is 11.3 Å². The summed E-state index contributed by atoms with van der Waals surface area (Å²) < 4.78 is 0. The molecular weight excluding hydrogens is 370 g/mol. The summed E-state index contributed by atoms with van der Waals surface area (Å²) in [6, 6.07) is 13.9. The number of carbonyl (C=O) groups is 2. The number of fused-ring (bicyclic) bond motifs is 1. The fraction of sp³-hybridized carbons (Fsp3) is 0.227. The maximum absolute atomic E-state index is 12.5. The van der Waals surface area contributed by atoms with Crippen molar-refractivity contribution >= 4 is 28.8 Å². The summed E-state index contributed by atoms with van der Waals surface area (Å²) in [4.78, 5) is 28.6. The Labute approximate surface area is 167 Å². The number of hydrogen-bond donors (Lipinski definition) is 2. The lowest BCUT2D eigenvalue weighted by molar-refractivity contribution is -0.121. The van der Waals surface area contributed by atoms with Gasteiger partial charge in [0.15, 0.2) is 0 Å². The van der Waals surface area contributed by atoms with Gasteiger partial charge in [-0.2, -0.15) is 0 Å². The van der Waals surface area contributed by atoms with Gasteiger partial charge in [0.25, 0.3) is 0 Å². The SMILES string of the molecule is Cc1ccc(-c2nc(CC(=O)N[C@H](C)c3ccc4c(c3)CC(=O)N4)cs2)cc1. The van der Waals surface area contributed by atoms with Crippen LogP contribution in [0.3, 0.4) is 0 Å². The Morgan fingerprint density at radius 1 is 1.25 bits per heavy atom. The van der Waals surface area contributed by atoms with Crippen LogP contribution < -0.4 is 10.6 Å². The first-order valence-electron chi connectivity index (χ1n) is 9.21. The number of aromatic nitrogens is 1. The van der Waals surface area contributed by atoms with Crippen LogP contribution in [0.25, 0.3) is 10.6 Å². The van der Waals surface area contributed by atoms with E-state index in [2.05, 4.69) is 34.7 Å². The molecule has 1 aliphatic rings. The summed E-state index contributed by atoms with van der Waals surface area (Å²) in [5.41, 5.74) is 5.87. The average Bonchev–Trinajstić information content (AvgIpc) is 3.27. The Bertz CT molecular complexity index is 1040. The van der Waals surface area contributed by atoms with Gasteiger partial charge in [-0.15, -0.1) is 11.3 Å². The van der Waals surface area contributed by atoms with Gasteiger partial charge in [0.2, 0.25) is 11.8 Å². The van der Waals surface area contributed by atoms with Crippen molar-refractivity contribution in [1.82, 2.24) is 10.3 Å². The molecule has 0 saturated carbocycles. The van der Waals surface area contributed by atoms with E-state index in [9.17, 15) is 9.59 Å². The molecule has 2 aromatic carbocycles. The van der Waals surface area contributed by atoms with E-state index in [0.29, 0.717) is 6.42 Å². The second-order valence-corrected chi connectivity index (χ2v) is 7.98. The minimum Gasteiger partial charge on any atom is -0.349 e. The Kier molecular flexibility index (Phi) is 4.96. The van der Waals surface area contributed by atoms with Crippen LogP contribution in [0.4, 0.5) is 5.69 Å². The van der Waals surface area contributed by atoms with Crippen LogP contribution in [0.5, 0.6) is 0 Å². The van der Waals surface area contributed by atoms with Gasteiger partial charge in [-0.1, -0.05) is 42.0 Å². The summed E-state index contributed by atoms with van der Waals surface area (Å²) >= 11 is 1.55. The van der Waals surface area contributed by atoms with Crippen LogP contribution in [0.2, 0.25) is 0 Å². The van der Waals surface area contributed by atoms with E-state index < -0.39 is 0 Å². The largest absolute Gasteiger partial charge is 0.349 e. The fourth-order valence-corrected chi connectivity index (χ4v) is 4.10. The third kappa shape index (κ3) is 3.97. The fourth-order valence-electron chi connectivity index (χ4n) is 3.28. The molecule has 0 aliphatic carbocycles. The quantitative estimate of drug-likeness (QED) is 0.690. The van der Waals surface area contributed by atoms with Gasteiger partial charge in [-0.3, -0.25) is 9.59 Å². The van der Waals surface area contributed by atoms with Gasteiger partial charge >= 0.3 is 0 Å². The highest BCUT2D eigenvalue weighted by molar-refractivity contribution is 7.13. The van der Waals surface area contributed by atoms with Gasteiger partial charge in [0.1, 0.15) is 5.01 Å². The molecule has 1 aromatic heterocycles. The highest BCUT2D eigenvalue weighted by atomic mass is 32.1. The normalized spacial score (nSPS) is 13.7. The number of hydrogen-bond acceptors (Lipinski definition) is 4. The first kappa shape index (κ1) is 18.4. The smallest absolute Gasteiger partial charge is 0.228 e. The summed E-state index contributed by atoms with van der Waals surface area (Å²) in [7, 11) is 0. The molecule has 28 heavy (non-hydrogen) atoms. The Balaban J connectivity index is 1.39. The van der Waals surface area contributed by atoms with Crippen molar-refractivity contribution in [2.24, 2.45) is 0 Å². The molecule has 2 amide bonds. The topological polar surface area (TPSA) is 71.1 Å². The van der Waals surface area contributed by atoms with Crippen LogP contribution in [-0.4, -0.2) is 16.8 Å². The number of benzene rings is 2. The van der Waals surface area contributed by atoms with Gasteiger partial charge < -0.3 is 10.6 Å². The molecule has 0 bridgehead atoms. The Hall–Kier alpha value is -2.99. The second-order valence-electron chi connectivity index (χ2n) is 7.12. The lowest BCUT2D eigenvalue weighted by Gasteiger charge is -2.15. The van der Waals surface area contributed by atoms with E-state index in [1.54, 1.807) is 11.3 Å². The third-order valence-electron chi connectivity index (χ3n) is 4.82. The van der Waals surface area contributed by atoms with Gasteiger partial charge in [0, 0.05) is 16.6 Å². The third-order valence-corrected chi connectivity index (χ3v) is 5.76. The predicted molar refractivity (Wildman–Crippen MR) is 111 cm³/mol. The molecule has 0 fully saturated rings. The van der Waals surface area contributed by atoms with Crippen molar-refractivity contribution in [1.29, 1.82) is 0 Å². The zero-order chi connectivity index (χ0) is 19.7. The Morgan fingerprint density at radius 2 is 2.04 bits per heavy atom. The van der Waals surface area contributed by atoms with E-state index in [-0.39, 0.29) is 24.3 Å². The van der Waals surface area contributed by atoms with Crippen LogP contribution in [-0.2, 0) is 22.4 Å². The number of amides is 2. The van der Waals surface area contributed by atoms with Crippen molar-refractivity contribution in [2.75, 3.05) is 5.32 Å². The number of thiazole rings is 1. The standard InChI is InChI=1S/C22H21N3O2S/c1-13-3-5-15(6-4-13)22-24-18(12-28-22)11-21(27)23-14(2)16-7-8-19-17(9-16)10-20(26)25-19/h3-9,12,14H,10-11H2,1-2H3,(H,23,27)(H,25,26)/t14-/m1/s1. The van der Waals surface area contributed by atoms with E-state index in [0.717, 1.165) is 33.1 Å². The Morgan fingerprint density at radius 3 is 2.82 bits per heavy atom. The highest BCUT2D eigenvalue weighted by Crippen LogP contribution is 2.27. The van der Waals surface area contributed by atoms with E-state index in [4.69, 9.17) is 0 Å². The molecule has 2 N–H and O–H groups in total. The minimum absolute atomic E-state index is 0.0109. The number of nitrogens with zero attached hydrogens (tertiary/aromatic N) is 1. The number of anilines is 1. The van der Waals surface area contributed by atoms with Gasteiger partial charge in [-0.25, -0.2) is 4.98 Å². The van der Waals surface area contributed by atoms with E-state index in [1.165, 1.54) is 5.56 Å². The van der Waals surface area contributed by atoms with Crippen LogP contribution in [0.15, 0.2) is 47.8 Å². The first-order chi connectivity index (χ1) is 13.5. The lowest BCUT2D eigenvalue weighted by atomic mass is 10.0. The molecule has 0 saturated heterocycles. The molecule has 142 valence electrons. The maximum atomic E-state index is 12.5. The zero-order valence-electron chi connectivity index (χ0n) is 15.8. The summed E-state index contributed by atoms with van der Waals surface area (Å²) in [6.07, 6.45) is 0.641. The molecule has 0 radical (unpaired) electrons. The number of aryl methyl sites for hydroxylation is 1. The molecule has 1 aliphatic heterocycles. The summed E-state index contributed by atoms with van der Waals surface area (Å²) in [5.74, 6) is -0.0558. The van der Waals surface area contributed by atoms with Crippen LogP contribution in [0.1, 0.15) is 35.3 Å². The molecule has 6 heteroatoms. The molecule has 3 aromatic rings. The van der Waals surface area contributed by atoms with Crippen molar-refractivity contribution in [2.45, 2.75) is 32.7 Å². The van der Waals surface area contributed by atoms with Crippen molar-refractivity contribution in [3.63, 3.8) is 0 Å². The van der Waals surface area contributed by atoms with Crippen molar-refractivity contribution in [3.8, 4) is 10.6 Å². The number of carbonyl (C=O) groups excluding carboxylic acids is 2. The van der Waals surface area contributed by atoms with Crippen molar-refractivity contribution < 1.29 is 9.59 Å². The van der Waals surface area contributed by atoms with Gasteiger partial charge in [0.05, 0.1) is 24.6 Å². The molecule has 0 unspecified atom stereocenters. The molecule has 1 atom stereocenters. The van der Waals surface area contributed by atoms with Crippen LogP contribution in [0, 0.1) is 6.92 Å². The molecule has 2 heterocycles. The number of rotatable bonds is 5.